The molecule has 0 saturated carbocycles. The average Bonchev–Trinajstić information content (AvgIpc) is 3.11. The van der Waals surface area contributed by atoms with Gasteiger partial charge in [0, 0.05) is 15.5 Å². The Labute approximate surface area is 154 Å². The van der Waals surface area contributed by atoms with E-state index in [1.807, 2.05) is 49.4 Å². The molecule has 1 amide bonds. The van der Waals surface area contributed by atoms with Crippen LogP contribution in [0.15, 0.2) is 64.0 Å². The second kappa shape index (κ2) is 8.18. The second-order valence-electron chi connectivity index (χ2n) is 5.31. The Morgan fingerprint density at radius 1 is 1.20 bits per heavy atom. The average molecular weight is 374 g/mol. The minimum absolute atomic E-state index is 0.0978. The predicted octanol–water partition coefficient (Wildman–Crippen LogP) is 4.19. The van der Waals surface area contributed by atoms with Crippen LogP contribution in [-0.2, 0) is 11.3 Å². The van der Waals surface area contributed by atoms with Gasteiger partial charge in [-0.15, -0.1) is 11.8 Å². The highest BCUT2D eigenvalue weighted by Crippen LogP contribution is 2.24. The van der Waals surface area contributed by atoms with Crippen LogP contribution in [0.25, 0.3) is 11.4 Å². The van der Waals surface area contributed by atoms with Crippen LogP contribution in [0, 0.1) is 0 Å². The largest absolute Gasteiger partial charge is 0.346 e. The lowest BCUT2D eigenvalue weighted by atomic mass is 10.2. The quantitative estimate of drug-likeness (QED) is 0.656. The maximum atomic E-state index is 12.2. The minimum Gasteiger partial charge on any atom is -0.346 e. The number of carbonyl (C=O) groups excluding carboxylic acids is 1. The molecule has 0 aliphatic heterocycles. The molecular weight excluding hydrogens is 358 g/mol. The Kier molecular flexibility index (Phi) is 5.73. The molecule has 0 fully saturated rings. The van der Waals surface area contributed by atoms with E-state index in [9.17, 15) is 4.79 Å². The molecule has 1 heterocycles. The van der Waals surface area contributed by atoms with Crippen molar-refractivity contribution in [2.45, 2.75) is 23.6 Å². The van der Waals surface area contributed by atoms with Gasteiger partial charge in [0.1, 0.15) is 0 Å². The maximum Gasteiger partial charge on any atom is 0.246 e. The van der Waals surface area contributed by atoms with E-state index < -0.39 is 0 Å². The molecule has 0 radical (unpaired) electrons. The predicted molar refractivity (Wildman–Crippen MR) is 98.4 cm³/mol. The summed E-state index contributed by atoms with van der Waals surface area (Å²) in [7, 11) is 0. The minimum atomic E-state index is -0.252. The molecule has 2 aromatic carbocycles. The van der Waals surface area contributed by atoms with Gasteiger partial charge in [0.05, 0.1) is 11.8 Å². The van der Waals surface area contributed by atoms with Gasteiger partial charge in [0.15, 0.2) is 0 Å². The molecule has 0 unspecified atom stereocenters. The topological polar surface area (TPSA) is 68.0 Å². The molecule has 0 saturated heterocycles. The molecule has 1 N–H and O–H groups in total. The molecule has 7 heteroatoms. The number of hydrogen-bond acceptors (Lipinski definition) is 5. The third-order valence-electron chi connectivity index (χ3n) is 3.41. The van der Waals surface area contributed by atoms with Gasteiger partial charge in [0.2, 0.25) is 17.6 Å². The van der Waals surface area contributed by atoms with Crippen LogP contribution in [0.2, 0.25) is 5.02 Å². The smallest absolute Gasteiger partial charge is 0.246 e. The fraction of sp³-hybridized carbons (Fsp3) is 0.167. The maximum absolute atomic E-state index is 12.2. The highest BCUT2D eigenvalue weighted by molar-refractivity contribution is 8.00. The molecule has 25 heavy (non-hydrogen) atoms. The lowest BCUT2D eigenvalue weighted by molar-refractivity contribution is -0.120. The van der Waals surface area contributed by atoms with E-state index in [0.29, 0.717) is 16.7 Å². The number of carbonyl (C=O) groups is 1. The summed E-state index contributed by atoms with van der Waals surface area (Å²) in [5.74, 6) is 0.781. The Balaban J connectivity index is 1.53. The van der Waals surface area contributed by atoms with Gasteiger partial charge in [-0.25, -0.2) is 0 Å². The van der Waals surface area contributed by atoms with Crippen LogP contribution in [-0.4, -0.2) is 21.3 Å². The number of nitrogens with one attached hydrogen (secondary N) is 1. The molecule has 1 atom stereocenters. The number of rotatable bonds is 6. The van der Waals surface area contributed by atoms with Crippen LogP contribution in [0.5, 0.6) is 0 Å². The molecule has 0 bridgehead atoms. The standard InChI is InChI=1S/C18H16ClN3O2S/c1-12(25-15-9-7-14(19)8-10-15)18(23)20-11-16-21-17(22-24-16)13-5-3-2-4-6-13/h2-10,12H,11H2,1H3,(H,20,23)/t12-/m1/s1. The van der Waals surface area contributed by atoms with E-state index in [-0.39, 0.29) is 17.7 Å². The van der Waals surface area contributed by atoms with Crippen molar-refractivity contribution < 1.29 is 9.32 Å². The molecule has 0 aliphatic carbocycles. The van der Waals surface area contributed by atoms with Gasteiger partial charge >= 0.3 is 0 Å². The number of thioether (sulfide) groups is 1. The number of halogens is 1. The SMILES string of the molecule is C[C@@H](Sc1ccc(Cl)cc1)C(=O)NCc1nc(-c2ccccc2)no1. The van der Waals surface area contributed by atoms with Crippen molar-refractivity contribution in [2.24, 2.45) is 0 Å². The summed E-state index contributed by atoms with van der Waals surface area (Å²) in [5, 5.41) is 7.16. The van der Waals surface area contributed by atoms with Crippen LogP contribution in [0.1, 0.15) is 12.8 Å². The molecule has 128 valence electrons. The van der Waals surface area contributed by atoms with E-state index in [2.05, 4.69) is 15.5 Å². The van der Waals surface area contributed by atoms with E-state index in [1.165, 1.54) is 11.8 Å². The van der Waals surface area contributed by atoms with Gasteiger partial charge in [-0.1, -0.05) is 47.1 Å². The van der Waals surface area contributed by atoms with Crippen molar-refractivity contribution in [3.63, 3.8) is 0 Å². The van der Waals surface area contributed by atoms with Crippen molar-refractivity contribution in [2.75, 3.05) is 0 Å². The third kappa shape index (κ3) is 4.84. The molecular formula is C18H16ClN3O2S. The summed E-state index contributed by atoms with van der Waals surface area (Å²) in [6.07, 6.45) is 0. The van der Waals surface area contributed by atoms with Gasteiger partial charge in [-0.05, 0) is 31.2 Å². The monoisotopic (exact) mass is 373 g/mol. The number of amides is 1. The number of hydrogen-bond donors (Lipinski definition) is 1. The van der Waals surface area contributed by atoms with E-state index in [0.717, 1.165) is 10.5 Å². The van der Waals surface area contributed by atoms with Crippen molar-refractivity contribution in [1.82, 2.24) is 15.5 Å². The van der Waals surface area contributed by atoms with Crippen LogP contribution in [0.4, 0.5) is 0 Å². The fourth-order valence-electron chi connectivity index (χ4n) is 2.11. The lowest BCUT2D eigenvalue weighted by Gasteiger charge is -2.10. The summed E-state index contributed by atoms with van der Waals surface area (Å²) in [6, 6.07) is 16.9. The zero-order chi connectivity index (χ0) is 17.6. The molecule has 3 rings (SSSR count). The Hall–Kier alpha value is -2.31. The highest BCUT2D eigenvalue weighted by Gasteiger charge is 2.16. The zero-order valence-electron chi connectivity index (χ0n) is 13.5. The number of aromatic nitrogens is 2. The molecule has 0 spiro atoms. The van der Waals surface area contributed by atoms with Crippen molar-refractivity contribution in [1.29, 1.82) is 0 Å². The number of nitrogens with zero attached hydrogens (tertiary/aromatic N) is 2. The first-order chi connectivity index (χ1) is 12.1. The van der Waals surface area contributed by atoms with Gasteiger partial charge < -0.3 is 9.84 Å². The van der Waals surface area contributed by atoms with E-state index >= 15 is 0 Å². The van der Waals surface area contributed by atoms with Gasteiger partial charge in [-0.3, -0.25) is 4.79 Å². The molecule has 3 aromatic rings. The molecule has 5 nitrogen and oxygen atoms in total. The Bertz CT molecular complexity index is 837. The normalized spacial score (nSPS) is 11.9. The summed E-state index contributed by atoms with van der Waals surface area (Å²) < 4.78 is 5.18. The highest BCUT2D eigenvalue weighted by atomic mass is 35.5. The third-order valence-corrected chi connectivity index (χ3v) is 4.77. The summed E-state index contributed by atoms with van der Waals surface area (Å²) in [4.78, 5) is 17.5. The van der Waals surface area contributed by atoms with E-state index in [4.69, 9.17) is 16.1 Å². The summed E-state index contributed by atoms with van der Waals surface area (Å²) >= 11 is 7.32. The Morgan fingerprint density at radius 3 is 2.64 bits per heavy atom. The van der Waals surface area contributed by atoms with Gasteiger partial charge in [-0.2, -0.15) is 4.98 Å². The first-order valence-corrected chi connectivity index (χ1v) is 8.95. The summed E-state index contributed by atoms with van der Waals surface area (Å²) in [5.41, 5.74) is 0.871. The fourth-order valence-corrected chi connectivity index (χ4v) is 3.13. The molecule has 0 aliphatic rings. The first kappa shape index (κ1) is 17.5. The van der Waals surface area contributed by atoms with Crippen molar-refractivity contribution in [3.05, 3.63) is 65.5 Å². The van der Waals surface area contributed by atoms with Crippen LogP contribution >= 0.6 is 23.4 Å². The first-order valence-electron chi connectivity index (χ1n) is 7.70. The van der Waals surface area contributed by atoms with E-state index in [1.54, 1.807) is 12.1 Å². The zero-order valence-corrected chi connectivity index (χ0v) is 15.1. The Morgan fingerprint density at radius 2 is 1.92 bits per heavy atom. The number of benzene rings is 2. The van der Waals surface area contributed by atoms with Crippen LogP contribution in [0.3, 0.4) is 0 Å². The molecule has 1 aromatic heterocycles. The van der Waals surface area contributed by atoms with Gasteiger partial charge in [0.25, 0.3) is 0 Å². The van der Waals surface area contributed by atoms with Crippen molar-refractivity contribution >= 4 is 29.3 Å². The van der Waals surface area contributed by atoms with Crippen LogP contribution < -0.4 is 5.32 Å². The lowest BCUT2D eigenvalue weighted by Crippen LogP contribution is -2.30. The second-order valence-corrected chi connectivity index (χ2v) is 7.16. The van der Waals surface area contributed by atoms with Crippen molar-refractivity contribution in [3.8, 4) is 11.4 Å². The summed E-state index contributed by atoms with van der Waals surface area (Å²) in [6.45, 7) is 2.04.